The third-order valence-corrected chi connectivity index (χ3v) is 4.35. The van der Waals surface area contributed by atoms with Crippen LogP contribution >= 0.6 is 0 Å². The Morgan fingerprint density at radius 1 is 1.15 bits per heavy atom. The van der Waals surface area contributed by atoms with Crippen molar-refractivity contribution in [2.45, 2.75) is 25.8 Å². The molecule has 1 aliphatic rings. The molecular weight excluding hydrogens is 282 g/mol. The van der Waals surface area contributed by atoms with E-state index in [9.17, 15) is 18.0 Å². The SMILES string of the molecule is CC(=O)N1CCCN(C(=O)C(N)CCS(C)(=O)=O)CC1. The highest BCUT2D eigenvalue weighted by Crippen LogP contribution is 2.06. The second-order valence-corrected chi connectivity index (χ2v) is 7.47. The number of nitrogens with zero attached hydrogens (tertiary/aromatic N) is 2. The van der Waals surface area contributed by atoms with Gasteiger partial charge in [-0.15, -0.1) is 0 Å². The van der Waals surface area contributed by atoms with Gasteiger partial charge >= 0.3 is 0 Å². The van der Waals surface area contributed by atoms with E-state index in [0.717, 1.165) is 6.26 Å². The molecule has 0 aromatic heterocycles. The number of hydrogen-bond acceptors (Lipinski definition) is 5. The monoisotopic (exact) mass is 305 g/mol. The highest BCUT2D eigenvalue weighted by atomic mass is 32.2. The maximum absolute atomic E-state index is 12.1. The molecule has 1 atom stereocenters. The van der Waals surface area contributed by atoms with E-state index in [2.05, 4.69) is 0 Å². The van der Waals surface area contributed by atoms with Gasteiger partial charge < -0.3 is 15.5 Å². The standard InChI is InChI=1S/C12H23N3O4S/c1-10(16)14-5-3-6-15(8-7-14)12(17)11(13)4-9-20(2,18)19/h11H,3-9,13H2,1-2H3. The Hall–Kier alpha value is -1.15. The number of carbonyl (C=O) groups is 2. The van der Waals surface area contributed by atoms with Crippen LogP contribution in [0.15, 0.2) is 0 Å². The van der Waals surface area contributed by atoms with Crippen molar-refractivity contribution in [2.75, 3.05) is 38.2 Å². The number of rotatable bonds is 4. The number of amides is 2. The van der Waals surface area contributed by atoms with Crippen molar-refractivity contribution in [1.82, 2.24) is 9.80 Å². The summed E-state index contributed by atoms with van der Waals surface area (Å²) in [6.45, 7) is 3.65. The van der Waals surface area contributed by atoms with Gasteiger partial charge in [-0.05, 0) is 12.8 Å². The van der Waals surface area contributed by atoms with Gasteiger partial charge in [-0.2, -0.15) is 0 Å². The Labute approximate surface area is 120 Å². The summed E-state index contributed by atoms with van der Waals surface area (Å²) in [6, 6.07) is -0.798. The number of hydrogen-bond donors (Lipinski definition) is 1. The predicted molar refractivity (Wildman–Crippen MR) is 75.8 cm³/mol. The average Bonchev–Trinajstić information content (AvgIpc) is 2.59. The number of nitrogens with two attached hydrogens (primary N) is 1. The van der Waals surface area contributed by atoms with Gasteiger partial charge in [0.2, 0.25) is 11.8 Å². The largest absolute Gasteiger partial charge is 0.341 e. The van der Waals surface area contributed by atoms with Crippen LogP contribution in [0.5, 0.6) is 0 Å². The first-order valence-electron chi connectivity index (χ1n) is 6.68. The van der Waals surface area contributed by atoms with E-state index in [0.29, 0.717) is 32.6 Å². The van der Waals surface area contributed by atoms with E-state index in [1.165, 1.54) is 6.92 Å². The fraction of sp³-hybridized carbons (Fsp3) is 0.833. The van der Waals surface area contributed by atoms with E-state index in [4.69, 9.17) is 5.73 Å². The topological polar surface area (TPSA) is 101 Å². The molecule has 1 heterocycles. The molecule has 20 heavy (non-hydrogen) atoms. The lowest BCUT2D eigenvalue weighted by Gasteiger charge is -2.24. The smallest absolute Gasteiger partial charge is 0.239 e. The van der Waals surface area contributed by atoms with Gasteiger partial charge in [0.15, 0.2) is 0 Å². The van der Waals surface area contributed by atoms with Crippen molar-refractivity contribution in [2.24, 2.45) is 5.73 Å². The van der Waals surface area contributed by atoms with Gasteiger partial charge in [-0.1, -0.05) is 0 Å². The quantitative estimate of drug-likeness (QED) is 0.705. The minimum atomic E-state index is -3.11. The maximum Gasteiger partial charge on any atom is 0.239 e. The van der Waals surface area contributed by atoms with Crippen LogP contribution in [0.25, 0.3) is 0 Å². The van der Waals surface area contributed by atoms with Crippen molar-refractivity contribution in [3.05, 3.63) is 0 Å². The summed E-state index contributed by atoms with van der Waals surface area (Å²) in [5.74, 6) is -0.326. The fourth-order valence-corrected chi connectivity index (χ4v) is 2.83. The fourth-order valence-electron chi connectivity index (χ4n) is 2.15. The molecule has 0 radical (unpaired) electrons. The molecule has 2 N–H and O–H groups in total. The Kier molecular flexibility index (Phi) is 5.94. The molecule has 0 saturated carbocycles. The summed E-state index contributed by atoms with van der Waals surface area (Å²) in [6.07, 6.45) is 1.97. The first kappa shape index (κ1) is 16.9. The second kappa shape index (κ2) is 7.03. The minimum absolute atomic E-state index is 0.000624. The van der Waals surface area contributed by atoms with Crippen LogP contribution in [0, 0.1) is 0 Å². The summed E-state index contributed by atoms with van der Waals surface area (Å²) in [5.41, 5.74) is 5.76. The Morgan fingerprint density at radius 3 is 2.25 bits per heavy atom. The average molecular weight is 305 g/mol. The molecular formula is C12H23N3O4S. The van der Waals surface area contributed by atoms with Crippen LogP contribution < -0.4 is 5.73 Å². The molecule has 1 aliphatic heterocycles. The number of carbonyl (C=O) groups excluding carboxylic acids is 2. The van der Waals surface area contributed by atoms with Gasteiger partial charge in [0, 0.05) is 39.4 Å². The predicted octanol–water partition coefficient (Wildman–Crippen LogP) is -1.17. The highest BCUT2D eigenvalue weighted by molar-refractivity contribution is 7.90. The molecule has 0 bridgehead atoms. The maximum atomic E-state index is 12.1. The van der Waals surface area contributed by atoms with Crippen LogP contribution in [0.4, 0.5) is 0 Å². The summed E-state index contributed by atoms with van der Waals surface area (Å²) in [5, 5.41) is 0. The zero-order chi connectivity index (χ0) is 15.3. The normalized spacial score (nSPS) is 18.6. The van der Waals surface area contributed by atoms with Gasteiger partial charge in [0.1, 0.15) is 9.84 Å². The summed E-state index contributed by atoms with van der Waals surface area (Å²) >= 11 is 0. The van der Waals surface area contributed by atoms with E-state index >= 15 is 0 Å². The summed E-state index contributed by atoms with van der Waals surface area (Å²) in [7, 11) is -3.11. The third kappa shape index (κ3) is 5.46. The molecule has 1 rings (SSSR count). The van der Waals surface area contributed by atoms with E-state index < -0.39 is 15.9 Å². The summed E-state index contributed by atoms with van der Waals surface area (Å²) in [4.78, 5) is 26.8. The first-order valence-corrected chi connectivity index (χ1v) is 8.74. The van der Waals surface area contributed by atoms with Crippen LogP contribution in [-0.4, -0.2) is 74.3 Å². The molecule has 0 spiro atoms. The van der Waals surface area contributed by atoms with Crippen molar-refractivity contribution >= 4 is 21.7 Å². The Bertz CT molecular complexity index is 463. The van der Waals surface area contributed by atoms with Gasteiger partial charge in [-0.3, -0.25) is 9.59 Å². The lowest BCUT2D eigenvalue weighted by molar-refractivity contribution is -0.133. The van der Waals surface area contributed by atoms with Crippen molar-refractivity contribution in [1.29, 1.82) is 0 Å². The highest BCUT2D eigenvalue weighted by Gasteiger charge is 2.24. The molecule has 0 aromatic carbocycles. The third-order valence-electron chi connectivity index (χ3n) is 3.37. The van der Waals surface area contributed by atoms with Crippen molar-refractivity contribution < 1.29 is 18.0 Å². The molecule has 1 unspecified atom stereocenters. The Morgan fingerprint density at radius 2 is 1.70 bits per heavy atom. The van der Waals surface area contributed by atoms with Gasteiger partial charge in [-0.25, -0.2) is 8.42 Å². The number of sulfone groups is 1. The second-order valence-electron chi connectivity index (χ2n) is 5.21. The van der Waals surface area contributed by atoms with Crippen LogP contribution in [0.3, 0.4) is 0 Å². The van der Waals surface area contributed by atoms with Crippen LogP contribution in [0.1, 0.15) is 19.8 Å². The van der Waals surface area contributed by atoms with E-state index in [-0.39, 0.29) is 24.0 Å². The van der Waals surface area contributed by atoms with Crippen molar-refractivity contribution in [3.8, 4) is 0 Å². The molecule has 2 amide bonds. The van der Waals surface area contributed by atoms with Gasteiger partial charge in [0.25, 0.3) is 0 Å². The molecule has 116 valence electrons. The van der Waals surface area contributed by atoms with Gasteiger partial charge in [0.05, 0.1) is 11.8 Å². The molecule has 8 heteroatoms. The Balaban J connectivity index is 2.52. The first-order chi connectivity index (χ1) is 9.20. The van der Waals surface area contributed by atoms with E-state index in [1.807, 2.05) is 0 Å². The lowest BCUT2D eigenvalue weighted by Crippen LogP contribution is -2.46. The minimum Gasteiger partial charge on any atom is -0.341 e. The lowest BCUT2D eigenvalue weighted by atomic mass is 10.2. The molecule has 7 nitrogen and oxygen atoms in total. The molecule has 1 saturated heterocycles. The van der Waals surface area contributed by atoms with Crippen molar-refractivity contribution in [3.63, 3.8) is 0 Å². The summed E-state index contributed by atoms with van der Waals surface area (Å²) < 4.78 is 22.2. The zero-order valence-corrected chi connectivity index (χ0v) is 12.9. The van der Waals surface area contributed by atoms with E-state index in [1.54, 1.807) is 9.80 Å². The van der Waals surface area contributed by atoms with Crippen LogP contribution in [-0.2, 0) is 19.4 Å². The molecule has 1 fully saturated rings. The zero-order valence-electron chi connectivity index (χ0n) is 12.0. The molecule has 0 aliphatic carbocycles. The van der Waals surface area contributed by atoms with Crippen LogP contribution in [0.2, 0.25) is 0 Å². The molecule has 0 aromatic rings.